The molecule has 3 rings (SSSR count). The Morgan fingerprint density at radius 3 is 2.11 bits per heavy atom. The molecule has 0 aliphatic heterocycles. The number of methoxy groups -OCH3 is 1. The van der Waals surface area contributed by atoms with Gasteiger partial charge in [-0.3, -0.25) is 9.59 Å². The molecule has 0 radical (unpaired) electrons. The molecule has 0 fully saturated rings. The molecule has 0 atom stereocenters. The second kappa shape index (κ2) is 15.6. The van der Waals surface area contributed by atoms with Crippen LogP contribution in [0.15, 0.2) is 94.9 Å². The average Bonchev–Trinajstić information content (AvgIpc) is 3.41. The lowest BCUT2D eigenvalue weighted by Crippen LogP contribution is -2.40. The van der Waals surface area contributed by atoms with Crippen LogP contribution in [-0.2, 0) is 30.9 Å². The number of carbonyl (C=O) groups excluding carboxylic acids is 2. The summed E-state index contributed by atoms with van der Waals surface area (Å²) in [6.45, 7) is 3.55. The van der Waals surface area contributed by atoms with E-state index in [1.54, 1.807) is 12.0 Å². The number of sulfonamides is 1. The number of nitrogens with one attached hydrogen (secondary N) is 2. The van der Waals surface area contributed by atoms with Gasteiger partial charge in [-0.1, -0.05) is 49.4 Å². The number of hydrogen-bond donors (Lipinski definition) is 2. The Hall–Kier alpha value is -3.47. The fourth-order valence-corrected chi connectivity index (χ4v) is 4.80. The minimum atomic E-state index is -3.89. The molecule has 0 saturated carbocycles. The number of hydrogen-bond acceptors (Lipinski definition) is 6. The maximum atomic E-state index is 12.9. The van der Waals surface area contributed by atoms with Crippen molar-refractivity contribution in [3.63, 3.8) is 0 Å². The van der Waals surface area contributed by atoms with Crippen LogP contribution in [0.25, 0.3) is 0 Å². The number of nitrogens with zero attached hydrogens (tertiary/aromatic N) is 1. The van der Waals surface area contributed by atoms with E-state index >= 15 is 0 Å². The number of thiophene rings is 1. The summed E-state index contributed by atoms with van der Waals surface area (Å²) >= 11 is 1.52. The molecule has 0 bridgehead atoms. The molecule has 0 aliphatic carbocycles. The van der Waals surface area contributed by atoms with Gasteiger partial charge in [0.15, 0.2) is 0 Å². The first-order valence-electron chi connectivity index (χ1n) is 11.7. The second-order valence-corrected chi connectivity index (χ2v) is 10.6. The van der Waals surface area contributed by atoms with Crippen LogP contribution in [0.1, 0.15) is 25.1 Å². The summed E-state index contributed by atoms with van der Waals surface area (Å²) in [7, 11) is -2.35. The zero-order valence-corrected chi connectivity index (χ0v) is 22.8. The lowest BCUT2D eigenvalue weighted by Gasteiger charge is -2.23. The number of carbonyl (C=O) groups is 2. The first-order valence-corrected chi connectivity index (χ1v) is 14.0. The lowest BCUT2D eigenvalue weighted by molar-refractivity contribution is -0.130. The monoisotopic (exact) mass is 543 g/mol. The maximum Gasteiger partial charge on any atom is 0.241 e. The molecular weight excluding hydrogens is 510 g/mol. The van der Waals surface area contributed by atoms with Crippen molar-refractivity contribution in [2.24, 2.45) is 0 Å². The van der Waals surface area contributed by atoms with E-state index < -0.39 is 10.0 Å². The standard InChI is InChI=1S/C21H27N3O5S2.C6H6/c1-4-6-18(29-3)14-24(15-19-7-5-12-30-19)21(26)13-22-31(27,28)20-10-8-17(9-11-20)23-16(2)25;1-2-4-6-5-3-1/h5-12,22H,4,13-15H2,1-3H3,(H,23,25);1-6H/b18-6-;. The molecule has 0 unspecified atom stereocenters. The zero-order chi connectivity index (χ0) is 27.1. The normalized spacial score (nSPS) is 11.2. The third-order valence-corrected chi connectivity index (χ3v) is 7.16. The van der Waals surface area contributed by atoms with Crippen LogP contribution in [0.5, 0.6) is 0 Å². The van der Waals surface area contributed by atoms with Crippen LogP contribution < -0.4 is 10.0 Å². The molecule has 1 heterocycles. The van der Waals surface area contributed by atoms with Crippen molar-refractivity contribution in [1.82, 2.24) is 9.62 Å². The maximum absolute atomic E-state index is 12.9. The van der Waals surface area contributed by atoms with Crippen molar-refractivity contribution in [3.05, 3.63) is 94.9 Å². The van der Waals surface area contributed by atoms with Gasteiger partial charge in [-0.25, -0.2) is 13.1 Å². The predicted octanol–water partition coefficient (Wildman–Crippen LogP) is 4.64. The number of benzene rings is 2. The quantitative estimate of drug-likeness (QED) is 0.343. The van der Waals surface area contributed by atoms with Gasteiger partial charge in [0.25, 0.3) is 0 Å². The van der Waals surface area contributed by atoms with E-state index in [9.17, 15) is 18.0 Å². The van der Waals surface area contributed by atoms with Crippen LogP contribution in [0, 0.1) is 0 Å². The number of rotatable bonds is 11. The van der Waals surface area contributed by atoms with E-state index in [1.807, 2.05) is 66.9 Å². The topological polar surface area (TPSA) is 105 Å². The van der Waals surface area contributed by atoms with Gasteiger partial charge in [0, 0.05) is 17.5 Å². The van der Waals surface area contributed by atoms with Crippen LogP contribution in [0.3, 0.4) is 0 Å². The summed E-state index contributed by atoms with van der Waals surface area (Å²) < 4.78 is 32.9. The molecule has 0 aliphatic rings. The van der Waals surface area contributed by atoms with E-state index in [1.165, 1.54) is 42.5 Å². The third kappa shape index (κ3) is 11.0. The van der Waals surface area contributed by atoms with Crippen molar-refractivity contribution in [2.45, 2.75) is 31.7 Å². The number of ether oxygens (including phenoxy) is 1. The molecule has 3 aromatic rings. The van der Waals surface area contributed by atoms with E-state index in [4.69, 9.17) is 4.74 Å². The smallest absolute Gasteiger partial charge is 0.241 e. The van der Waals surface area contributed by atoms with Gasteiger partial charge in [0.2, 0.25) is 21.8 Å². The summed E-state index contributed by atoms with van der Waals surface area (Å²) in [4.78, 5) is 26.5. The van der Waals surface area contributed by atoms with Gasteiger partial charge in [-0.2, -0.15) is 0 Å². The van der Waals surface area contributed by atoms with Gasteiger partial charge in [-0.05, 0) is 48.2 Å². The van der Waals surface area contributed by atoms with E-state index in [0.717, 1.165) is 11.3 Å². The van der Waals surface area contributed by atoms with Gasteiger partial charge < -0.3 is 15.0 Å². The molecule has 0 spiro atoms. The van der Waals surface area contributed by atoms with Crippen molar-refractivity contribution in [2.75, 3.05) is 25.5 Å². The molecular formula is C27H33N3O5S2. The Labute approximate surface area is 223 Å². The van der Waals surface area contributed by atoms with Crippen molar-refractivity contribution in [3.8, 4) is 0 Å². The summed E-state index contributed by atoms with van der Waals surface area (Å²) in [6, 6.07) is 21.5. The Bertz CT molecular complexity index is 1200. The average molecular weight is 544 g/mol. The Morgan fingerprint density at radius 2 is 1.62 bits per heavy atom. The third-order valence-electron chi connectivity index (χ3n) is 4.89. The van der Waals surface area contributed by atoms with Crippen LogP contribution >= 0.6 is 11.3 Å². The minimum absolute atomic E-state index is 0.00247. The van der Waals surface area contributed by atoms with Crippen molar-refractivity contribution < 1.29 is 22.7 Å². The highest BCUT2D eigenvalue weighted by Gasteiger charge is 2.21. The Morgan fingerprint density at radius 1 is 1.00 bits per heavy atom. The van der Waals surface area contributed by atoms with E-state index in [-0.39, 0.29) is 29.8 Å². The molecule has 198 valence electrons. The molecule has 1 aromatic heterocycles. The Kier molecular flexibility index (Phi) is 12.5. The molecule has 0 saturated heterocycles. The van der Waals surface area contributed by atoms with Crippen LogP contribution in [0.4, 0.5) is 5.69 Å². The van der Waals surface area contributed by atoms with E-state index in [2.05, 4.69) is 10.0 Å². The Balaban J connectivity index is 0.000000700. The molecule has 37 heavy (non-hydrogen) atoms. The first-order chi connectivity index (χ1) is 17.7. The largest absolute Gasteiger partial charge is 0.500 e. The zero-order valence-electron chi connectivity index (χ0n) is 21.2. The summed E-state index contributed by atoms with van der Waals surface area (Å²) in [5, 5.41) is 4.49. The highest BCUT2D eigenvalue weighted by Crippen LogP contribution is 2.16. The van der Waals surface area contributed by atoms with Gasteiger partial charge in [0.1, 0.15) is 5.76 Å². The van der Waals surface area contributed by atoms with Crippen molar-refractivity contribution in [1.29, 1.82) is 0 Å². The molecule has 2 N–H and O–H groups in total. The summed E-state index contributed by atoms with van der Waals surface area (Å²) in [5.74, 6) is 0.0208. The predicted molar refractivity (Wildman–Crippen MR) is 147 cm³/mol. The van der Waals surface area contributed by atoms with Gasteiger partial charge in [-0.15, -0.1) is 11.3 Å². The fourth-order valence-electron chi connectivity index (χ4n) is 3.11. The molecule has 10 heteroatoms. The van der Waals surface area contributed by atoms with Gasteiger partial charge in [0.05, 0.1) is 31.6 Å². The molecule has 2 amide bonds. The van der Waals surface area contributed by atoms with E-state index in [0.29, 0.717) is 18.0 Å². The molecule has 2 aromatic carbocycles. The lowest BCUT2D eigenvalue weighted by atomic mass is 10.3. The number of amides is 2. The van der Waals surface area contributed by atoms with Crippen LogP contribution in [0.2, 0.25) is 0 Å². The summed E-state index contributed by atoms with van der Waals surface area (Å²) in [6.07, 6.45) is 2.64. The SMILES string of the molecule is CC/C=C(/CN(Cc1cccs1)C(=O)CNS(=O)(=O)c1ccc(NC(C)=O)cc1)OC.c1ccccc1. The highest BCUT2D eigenvalue weighted by molar-refractivity contribution is 7.89. The van der Waals surface area contributed by atoms with Crippen LogP contribution in [-0.4, -0.2) is 45.3 Å². The minimum Gasteiger partial charge on any atom is -0.500 e. The van der Waals surface area contributed by atoms with Crippen molar-refractivity contribution >= 4 is 38.9 Å². The summed E-state index contributed by atoms with van der Waals surface area (Å²) in [5.41, 5.74) is 0.486. The number of anilines is 1. The second-order valence-electron chi connectivity index (χ2n) is 7.80. The fraction of sp³-hybridized carbons (Fsp3) is 0.259. The molecule has 8 nitrogen and oxygen atoms in total. The van der Waals surface area contributed by atoms with Gasteiger partial charge >= 0.3 is 0 Å². The first kappa shape index (κ1) is 29.8. The highest BCUT2D eigenvalue weighted by atomic mass is 32.2. The number of allylic oxidation sites excluding steroid dienone is 1.